The zero-order valence-corrected chi connectivity index (χ0v) is 28.5. The van der Waals surface area contributed by atoms with Crippen LogP contribution in [-0.4, -0.2) is 78.9 Å². The molecule has 1 fully saturated rings. The Morgan fingerprint density at radius 1 is 0.469 bits per heavy atom. The molecule has 0 radical (unpaired) electrons. The summed E-state index contributed by atoms with van der Waals surface area (Å²) in [7, 11) is -9.37. The number of ether oxygens (including phenoxy) is 1. The molecular formula is C21H52O6Si5. The normalized spacial score (nSPS) is 28.8. The summed E-state index contributed by atoms with van der Waals surface area (Å²) in [6.07, 6.45) is -1.54. The molecule has 0 aromatic carbocycles. The molecule has 0 amide bonds. The van der Waals surface area contributed by atoms with Crippen molar-refractivity contribution in [1.82, 2.24) is 0 Å². The molecule has 1 aliphatic heterocycles. The Morgan fingerprint density at radius 2 is 0.844 bits per heavy atom. The minimum atomic E-state index is -1.92. The van der Waals surface area contributed by atoms with Gasteiger partial charge in [-0.1, -0.05) is 0 Å². The standard InChI is InChI=1S/C21H52O6Si5/c1-28(2,3)22-16-17-18(24-29(4,5)6)19(25-30(7,8)9)20(26-31(10,11)12)21(23-17)27-32(13,14)15/h17-21H,16H2,1-15H3/t17?,18-,19?,20?,21+/m0/s1. The van der Waals surface area contributed by atoms with Gasteiger partial charge >= 0.3 is 0 Å². The fraction of sp³-hybridized carbons (Fsp3) is 1.00. The number of rotatable bonds is 11. The zero-order valence-electron chi connectivity index (χ0n) is 23.5. The molecule has 0 aromatic heterocycles. The summed E-state index contributed by atoms with van der Waals surface area (Å²) in [5.74, 6) is 0. The molecule has 0 N–H and O–H groups in total. The first kappa shape index (κ1) is 30.9. The van der Waals surface area contributed by atoms with Gasteiger partial charge < -0.3 is 26.9 Å². The van der Waals surface area contributed by atoms with Crippen LogP contribution in [-0.2, 0) is 26.9 Å². The average molecular weight is 541 g/mol. The Balaban J connectivity index is 3.50. The summed E-state index contributed by atoms with van der Waals surface area (Å²) in [5, 5.41) is 0. The van der Waals surface area contributed by atoms with Crippen LogP contribution in [0.25, 0.3) is 0 Å². The fourth-order valence-electron chi connectivity index (χ4n) is 3.41. The van der Waals surface area contributed by atoms with E-state index in [0.717, 1.165) is 0 Å². The van der Waals surface area contributed by atoms with E-state index in [1.807, 2.05) is 0 Å². The third-order valence-corrected chi connectivity index (χ3v) is 9.12. The topological polar surface area (TPSA) is 55.4 Å². The average Bonchev–Trinajstić information content (AvgIpc) is 2.45. The lowest BCUT2D eigenvalue weighted by molar-refractivity contribution is -0.268. The lowest BCUT2D eigenvalue weighted by atomic mass is 9.99. The largest absolute Gasteiger partial charge is 0.415 e. The van der Waals surface area contributed by atoms with Gasteiger partial charge in [-0.25, -0.2) is 0 Å². The third kappa shape index (κ3) is 12.5. The second-order valence-electron chi connectivity index (χ2n) is 13.8. The smallest absolute Gasteiger partial charge is 0.187 e. The quantitative estimate of drug-likeness (QED) is 0.296. The Hall–Kier alpha value is 0.844. The van der Waals surface area contributed by atoms with E-state index < -0.39 is 47.9 Å². The maximum Gasteiger partial charge on any atom is 0.187 e. The monoisotopic (exact) mass is 540 g/mol. The third-order valence-electron chi connectivity index (χ3n) is 4.21. The van der Waals surface area contributed by atoms with Crippen LogP contribution in [0.4, 0.5) is 0 Å². The highest BCUT2D eigenvalue weighted by atomic mass is 28.4. The van der Waals surface area contributed by atoms with Crippen molar-refractivity contribution in [3.63, 3.8) is 0 Å². The minimum Gasteiger partial charge on any atom is -0.415 e. The molecule has 0 aliphatic carbocycles. The van der Waals surface area contributed by atoms with Gasteiger partial charge in [-0.05, 0) is 98.2 Å². The first-order valence-electron chi connectivity index (χ1n) is 12.0. The van der Waals surface area contributed by atoms with E-state index in [9.17, 15) is 0 Å². The van der Waals surface area contributed by atoms with Crippen molar-refractivity contribution in [3.8, 4) is 0 Å². The van der Waals surface area contributed by atoms with Crippen molar-refractivity contribution in [1.29, 1.82) is 0 Å². The Kier molecular flexibility index (Phi) is 10.5. The van der Waals surface area contributed by atoms with E-state index in [2.05, 4.69) is 98.2 Å². The SMILES string of the molecule is C[Si](C)(C)OCC1O[C@H](O[Si](C)(C)C)C(O[Si](C)(C)C)C(O[Si](C)(C)C)[C@H]1O[Si](C)(C)C. The zero-order chi connectivity index (χ0) is 25.3. The molecule has 32 heavy (non-hydrogen) atoms. The summed E-state index contributed by atoms with van der Waals surface area (Å²) >= 11 is 0. The van der Waals surface area contributed by atoms with Gasteiger partial charge in [-0.15, -0.1) is 0 Å². The Bertz CT molecular complexity index is 586. The first-order chi connectivity index (χ1) is 14.0. The molecule has 5 atom stereocenters. The van der Waals surface area contributed by atoms with Crippen LogP contribution in [0.1, 0.15) is 0 Å². The van der Waals surface area contributed by atoms with Crippen molar-refractivity contribution in [2.45, 2.75) is 129 Å². The first-order valence-corrected chi connectivity index (χ1v) is 29.0. The van der Waals surface area contributed by atoms with E-state index >= 15 is 0 Å². The predicted octanol–water partition coefficient (Wildman–Crippen LogP) is 6.07. The van der Waals surface area contributed by atoms with Crippen LogP contribution >= 0.6 is 0 Å². The van der Waals surface area contributed by atoms with Crippen LogP contribution in [0.5, 0.6) is 0 Å². The van der Waals surface area contributed by atoms with E-state index in [-0.39, 0.29) is 24.4 Å². The second-order valence-corrected chi connectivity index (χ2v) is 36.1. The van der Waals surface area contributed by atoms with Gasteiger partial charge in [0.05, 0.1) is 6.61 Å². The Morgan fingerprint density at radius 3 is 1.22 bits per heavy atom. The maximum atomic E-state index is 6.85. The molecule has 0 saturated carbocycles. The minimum absolute atomic E-state index is 0.243. The van der Waals surface area contributed by atoms with Gasteiger partial charge in [0.1, 0.15) is 24.4 Å². The van der Waals surface area contributed by atoms with Crippen LogP contribution < -0.4 is 0 Å². The van der Waals surface area contributed by atoms with Gasteiger partial charge in [-0.3, -0.25) is 0 Å². The highest BCUT2D eigenvalue weighted by Gasteiger charge is 2.52. The van der Waals surface area contributed by atoms with Crippen molar-refractivity contribution >= 4 is 41.6 Å². The van der Waals surface area contributed by atoms with Crippen LogP contribution in [0, 0.1) is 0 Å². The molecule has 1 saturated heterocycles. The molecule has 11 heteroatoms. The molecule has 3 unspecified atom stereocenters. The highest BCUT2D eigenvalue weighted by Crippen LogP contribution is 2.35. The summed E-state index contributed by atoms with van der Waals surface area (Å²) < 4.78 is 39.9. The van der Waals surface area contributed by atoms with Crippen molar-refractivity contribution in [3.05, 3.63) is 0 Å². The lowest BCUT2D eigenvalue weighted by Gasteiger charge is -2.51. The molecule has 1 heterocycles. The number of hydrogen-bond acceptors (Lipinski definition) is 6. The van der Waals surface area contributed by atoms with E-state index in [0.29, 0.717) is 6.61 Å². The summed E-state index contributed by atoms with van der Waals surface area (Å²) in [6, 6.07) is 0. The lowest BCUT2D eigenvalue weighted by Crippen LogP contribution is -2.67. The molecule has 0 bridgehead atoms. The molecule has 0 spiro atoms. The molecule has 1 aliphatic rings. The Labute approximate surface area is 203 Å². The predicted molar refractivity (Wildman–Crippen MR) is 147 cm³/mol. The van der Waals surface area contributed by atoms with Gasteiger partial charge in [0.2, 0.25) is 0 Å². The summed E-state index contributed by atoms with van der Waals surface area (Å²) in [4.78, 5) is 0. The van der Waals surface area contributed by atoms with E-state index in [4.69, 9.17) is 26.9 Å². The van der Waals surface area contributed by atoms with Crippen molar-refractivity contribution in [2.24, 2.45) is 0 Å². The van der Waals surface area contributed by atoms with Gasteiger partial charge in [0, 0.05) is 0 Å². The highest BCUT2D eigenvalue weighted by molar-refractivity contribution is 6.71. The van der Waals surface area contributed by atoms with Crippen LogP contribution in [0.2, 0.25) is 98.2 Å². The van der Waals surface area contributed by atoms with Crippen LogP contribution in [0.15, 0.2) is 0 Å². The van der Waals surface area contributed by atoms with Crippen LogP contribution in [0.3, 0.4) is 0 Å². The van der Waals surface area contributed by atoms with Gasteiger partial charge in [0.25, 0.3) is 0 Å². The maximum absolute atomic E-state index is 6.85. The van der Waals surface area contributed by atoms with Crippen molar-refractivity contribution < 1.29 is 26.9 Å². The van der Waals surface area contributed by atoms with Crippen molar-refractivity contribution in [2.75, 3.05) is 6.61 Å². The van der Waals surface area contributed by atoms with Gasteiger partial charge in [-0.2, -0.15) is 0 Å². The molecule has 0 aromatic rings. The molecule has 1 rings (SSSR count). The molecule has 192 valence electrons. The van der Waals surface area contributed by atoms with Gasteiger partial charge in [0.15, 0.2) is 47.9 Å². The van der Waals surface area contributed by atoms with E-state index in [1.165, 1.54) is 0 Å². The summed E-state index contributed by atoms with van der Waals surface area (Å²) in [5.41, 5.74) is 0. The second kappa shape index (κ2) is 10.8. The van der Waals surface area contributed by atoms with E-state index in [1.54, 1.807) is 0 Å². The molecule has 6 nitrogen and oxygen atoms in total. The molecular weight excluding hydrogens is 489 g/mol. The summed E-state index contributed by atoms with van der Waals surface area (Å²) in [6.45, 7) is 33.6. The number of hydrogen-bond donors (Lipinski definition) is 0. The fourth-order valence-corrected chi connectivity index (χ4v) is 8.21.